The normalized spacial score (nSPS) is 37.8. The van der Waals surface area contributed by atoms with Gasteiger partial charge < -0.3 is 5.73 Å². The summed E-state index contributed by atoms with van der Waals surface area (Å²) in [5.41, 5.74) is 7.11. The zero-order valence-electron chi connectivity index (χ0n) is 11.9. The Morgan fingerprint density at radius 2 is 1.39 bits per heavy atom. The van der Waals surface area contributed by atoms with Gasteiger partial charge in [0.05, 0.1) is 0 Å². The molecule has 2 N–H and O–H groups in total. The third-order valence-electron chi connectivity index (χ3n) is 5.74. The van der Waals surface area contributed by atoms with Crippen molar-refractivity contribution in [3.05, 3.63) is 0 Å². The van der Waals surface area contributed by atoms with Crippen LogP contribution in [0.4, 0.5) is 0 Å². The van der Waals surface area contributed by atoms with Crippen LogP contribution < -0.4 is 5.73 Å². The summed E-state index contributed by atoms with van der Waals surface area (Å²) in [6, 6.07) is 1.16. The van der Waals surface area contributed by atoms with Crippen LogP contribution in [-0.2, 0) is 0 Å². The minimum absolute atomic E-state index is 0.454. The molecule has 2 heteroatoms. The number of hydrogen-bond acceptors (Lipinski definition) is 2. The number of nitrogens with zero attached hydrogens (tertiary/aromatic N) is 1. The number of rotatable bonds is 1. The molecule has 2 aliphatic carbocycles. The van der Waals surface area contributed by atoms with Gasteiger partial charge >= 0.3 is 0 Å². The zero-order valence-corrected chi connectivity index (χ0v) is 11.9. The van der Waals surface area contributed by atoms with E-state index in [0.717, 1.165) is 0 Å². The van der Waals surface area contributed by atoms with Crippen molar-refractivity contribution in [2.45, 2.75) is 82.7 Å². The molecule has 1 heterocycles. The zero-order chi connectivity index (χ0) is 12.4. The number of hydrogen-bond donors (Lipinski definition) is 1. The Kier molecular flexibility index (Phi) is 3.95. The summed E-state index contributed by atoms with van der Waals surface area (Å²) in [7, 11) is 0. The fourth-order valence-electron chi connectivity index (χ4n) is 4.61. The van der Waals surface area contributed by atoms with Gasteiger partial charge in [-0.1, -0.05) is 44.9 Å². The van der Waals surface area contributed by atoms with Crippen LogP contribution in [0.15, 0.2) is 0 Å². The fraction of sp³-hybridized carbons (Fsp3) is 1.00. The highest BCUT2D eigenvalue weighted by molar-refractivity contribution is 5.00. The second kappa shape index (κ2) is 5.50. The van der Waals surface area contributed by atoms with E-state index in [4.69, 9.17) is 5.73 Å². The van der Waals surface area contributed by atoms with E-state index in [-0.39, 0.29) is 0 Å². The van der Waals surface area contributed by atoms with Crippen molar-refractivity contribution in [3.8, 4) is 0 Å². The van der Waals surface area contributed by atoms with Crippen molar-refractivity contribution in [3.63, 3.8) is 0 Å². The SMILES string of the molecule is NC1CCCCCC1N1CC2(CCCCCC2)C1. The highest BCUT2D eigenvalue weighted by Crippen LogP contribution is 2.44. The molecule has 1 spiro atoms. The number of nitrogens with two attached hydrogens (primary N) is 1. The van der Waals surface area contributed by atoms with Crippen molar-refractivity contribution >= 4 is 0 Å². The summed E-state index contributed by atoms with van der Waals surface area (Å²) < 4.78 is 0. The summed E-state index contributed by atoms with van der Waals surface area (Å²) in [4.78, 5) is 2.74. The predicted molar refractivity (Wildman–Crippen MR) is 76.6 cm³/mol. The fourth-order valence-corrected chi connectivity index (χ4v) is 4.61. The van der Waals surface area contributed by atoms with E-state index in [0.29, 0.717) is 17.5 Å². The van der Waals surface area contributed by atoms with E-state index in [2.05, 4.69) is 4.90 Å². The maximum atomic E-state index is 6.40. The van der Waals surface area contributed by atoms with Crippen molar-refractivity contribution in [2.75, 3.05) is 13.1 Å². The molecule has 0 aromatic rings. The Morgan fingerprint density at radius 1 is 0.778 bits per heavy atom. The second-order valence-electron chi connectivity index (χ2n) is 7.19. The number of likely N-dealkylation sites (tertiary alicyclic amines) is 1. The molecule has 2 atom stereocenters. The summed E-state index contributed by atoms with van der Waals surface area (Å²) in [5.74, 6) is 0. The molecule has 3 rings (SSSR count). The van der Waals surface area contributed by atoms with E-state index in [1.807, 2.05) is 0 Å². The summed E-state index contributed by atoms with van der Waals surface area (Å²) >= 11 is 0. The summed E-state index contributed by atoms with van der Waals surface area (Å²) in [5, 5.41) is 0. The van der Waals surface area contributed by atoms with E-state index >= 15 is 0 Å². The third kappa shape index (κ3) is 2.60. The lowest BCUT2D eigenvalue weighted by Gasteiger charge is -2.54. The lowest BCUT2D eigenvalue weighted by atomic mass is 9.72. The Hall–Kier alpha value is -0.0800. The van der Waals surface area contributed by atoms with Gasteiger partial charge in [-0.15, -0.1) is 0 Å². The Bertz CT molecular complexity index is 260. The molecule has 18 heavy (non-hydrogen) atoms. The smallest absolute Gasteiger partial charge is 0.0247 e. The van der Waals surface area contributed by atoms with Gasteiger partial charge in [0.1, 0.15) is 0 Å². The molecule has 104 valence electrons. The van der Waals surface area contributed by atoms with Crippen LogP contribution in [0, 0.1) is 5.41 Å². The van der Waals surface area contributed by atoms with E-state index in [1.165, 1.54) is 83.7 Å². The first-order valence-electron chi connectivity index (χ1n) is 8.29. The highest BCUT2D eigenvalue weighted by atomic mass is 15.2. The van der Waals surface area contributed by atoms with Crippen LogP contribution in [-0.4, -0.2) is 30.1 Å². The molecule has 2 saturated carbocycles. The molecule has 0 radical (unpaired) electrons. The van der Waals surface area contributed by atoms with Crippen LogP contribution >= 0.6 is 0 Å². The minimum atomic E-state index is 0.454. The van der Waals surface area contributed by atoms with Gasteiger partial charge in [-0.25, -0.2) is 0 Å². The lowest BCUT2D eigenvalue weighted by Crippen LogP contribution is -2.63. The van der Waals surface area contributed by atoms with Crippen molar-refractivity contribution in [1.82, 2.24) is 4.90 Å². The van der Waals surface area contributed by atoms with Crippen molar-refractivity contribution < 1.29 is 0 Å². The first kappa shape index (κ1) is 12.9. The molecule has 1 saturated heterocycles. The summed E-state index contributed by atoms with van der Waals surface area (Å²) in [6.45, 7) is 2.73. The minimum Gasteiger partial charge on any atom is -0.326 e. The average molecular weight is 250 g/mol. The van der Waals surface area contributed by atoms with Crippen LogP contribution in [0.2, 0.25) is 0 Å². The largest absolute Gasteiger partial charge is 0.326 e. The molecule has 2 unspecified atom stereocenters. The maximum Gasteiger partial charge on any atom is 0.0247 e. The van der Waals surface area contributed by atoms with Gasteiger partial charge in [0, 0.05) is 25.2 Å². The standard InChI is InChI=1S/C16H30N2/c17-14-8-4-3-5-9-15(14)18-12-16(13-18)10-6-1-2-7-11-16/h14-15H,1-13,17H2. The van der Waals surface area contributed by atoms with Crippen LogP contribution in [0.1, 0.15) is 70.6 Å². The van der Waals surface area contributed by atoms with Crippen LogP contribution in [0.5, 0.6) is 0 Å². The van der Waals surface area contributed by atoms with Crippen molar-refractivity contribution in [1.29, 1.82) is 0 Å². The quantitative estimate of drug-likeness (QED) is 0.724. The molecule has 3 fully saturated rings. The van der Waals surface area contributed by atoms with Crippen molar-refractivity contribution in [2.24, 2.45) is 11.1 Å². The molecule has 1 aliphatic heterocycles. The van der Waals surface area contributed by atoms with Gasteiger partial charge in [0.25, 0.3) is 0 Å². The molecular weight excluding hydrogens is 220 g/mol. The third-order valence-corrected chi connectivity index (χ3v) is 5.74. The summed E-state index contributed by atoms with van der Waals surface area (Å²) in [6.07, 6.45) is 15.7. The van der Waals surface area contributed by atoms with Gasteiger partial charge in [-0.2, -0.15) is 0 Å². The van der Waals surface area contributed by atoms with E-state index in [1.54, 1.807) is 0 Å². The molecule has 3 aliphatic rings. The van der Waals surface area contributed by atoms with Gasteiger partial charge in [0.15, 0.2) is 0 Å². The Morgan fingerprint density at radius 3 is 2.11 bits per heavy atom. The van der Waals surface area contributed by atoms with E-state index < -0.39 is 0 Å². The first-order chi connectivity index (χ1) is 8.79. The van der Waals surface area contributed by atoms with Gasteiger partial charge in [-0.3, -0.25) is 4.90 Å². The molecular formula is C16H30N2. The first-order valence-corrected chi connectivity index (χ1v) is 8.29. The average Bonchev–Trinajstić information content (AvgIpc) is 2.67. The Balaban J connectivity index is 1.56. The van der Waals surface area contributed by atoms with Gasteiger partial charge in [0.2, 0.25) is 0 Å². The Labute approximate surface area is 112 Å². The topological polar surface area (TPSA) is 29.3 Å². The molecule has 0 amide bonds. The monoisotopic (exact) mass is 250 g/mol. The highest BCUT2D eigenvalue weighted by Gasteiger charge is 2.45. The second-order valence-corrected chi connectivity index (χ2v) is 7.19. The van der Waals surface area contributed by atoms with Gasteiger partial charge in [-0.05, 0) is 31.1 Å². The van der Waals surface area contributed by atoms with Crippen LogP contribution in [0.3, 0.4) is 0 Å². The molecule has 0 aromatic carbocycles. The van der Waals surface area contributed by atoms with Crippen LogP contribution in [0.25, 0.3) is 0 Å². The predicted octanol–water partition coefficient (Wildman–Crippen LogP) is 3.30. The molecule has 0 bridgehead atoms. The lowest BCUT2D eigenvalue weighted by molar-refractivity contribution is -0.0496. The molecule has 2 nitrogen and oxygen atoms in total. The maximum absolute atomic E-state index is 6.40. The van der Waals surface area contributed by atoms with E-state index in [9.17, 15) is 0 Å². The molecule has 0 aromatic heterocycles.